The summed E-state index contributed by atoms with van der Waals surface area (Å²) in [4.78, 5) is 44.8. The van der Waals surface area contributed by atoms with Crippen molar-refractivity contribution in [2.45, 2.75) is 106 Å². The van der Waals surface area contributed by atoms with Gasteiger partial charge in [0.15, 0.2) is 0 Å². The zero-order valence-electron chi connectivity index (χ0n) is 27.5. The summed E-state index contributed by atoms with van der Waals surface area (Å²) in [6, 6.07) is 7.46. The number of thiophene rings is 1. The smallest absolute Gasteiger partial charge is 0.333 e. The van der Waals surface area contributed by atoms with Gasteiger partial charge in [-0.05, 0) is 71.3 Å². The molecule has 4 aliphatic rings. The third-order valence-electron chi connectivity index (χ3n) is 10.6. The van der Waals surface area contributed by atoms with Gasteiger partial charge >= 0.3 is 5.69 Å². The van der Waals surface area contributed by atoms with Crippen molar-refractivity contribution < 1.29 is 27.4 Å². The molecule has 2 aliphatic heterocycles. The highest BCUT2D eigenvalue weighted by Crippen LogP contribution is 2.46. The van der Waals surface area contributed by atoms with Crippen LogP contribution >= 0.6 is 11.3 Å². The van der Waals surface area contributed by atoms with E-state index in [1.165, 1.54) is 33.1 Å². The summed E-state index contributed by atoms with van der Waals surface area (Å²) < 4.78 is 48.5. The number of ether oxygens (including phenoxy) is 3. The number of amides is 1. The molecule has 14 nitrogen and oxygen atoms in total. The van der Waals surface area contributed by atoms with E-state index in [1.54, 1.807) is 21.0 Å². The number of sulfonamides is 1. The van der Waals surface area contributed by atoms with E-state index in [0.717, 1.165) is 35.8 Å². The number of hydrogen-bond acceptors (Lipinski definition) is 11. The Kier molecular flexibility index (Phi) is 7.66. The summed E-state index contributed by atoms with van der Waals surface area (Å²) in [6.07, 6.45) is 6.98. The van der Waals surface area contributed by atoms with Crippen molar-refractivity contribution in [2.75, 3.05) is 7.11 Å². The molecule has 2 saturated heterocycles. The Labute approximate surface area is 286 Å². The lowest BCUT2D eigenvalue weighted by atomic mass is 10.0. The highest BCUT2D eigenvalue weighted by atomic mass is 32.2. The van der Waals surface area contributed by atoms with E-state index >= 15 is 0 Å². The first-order valence-corrected chi connectivity index (χ1v) is 18.9. The molecule has 260 valence electrons. The predicted molar refractivity (Wildman–Crippen MR) is 180 cm³/mol. The van der Waals surface area contributed by atoms with Crippen molar-refractivity contribution in [3.63, 3.8) is 0 Å². The molecule has 0 spiro atoms. The number of carbonyl (C=O) groups is 1. The van der Waals surface area contributed by atoms with E-state index in [4.69, 9.17) is 14.2 Å². The topological polar surface area (TPSA) is 166 Å². The first-order chi connectivity index (χ1) is 23.4. The fourth-order valence-corrected chi connectivity index (χ4v) is 9.85. The molecule has 3 aromatic heterocycles. The van der Waals surface area contributed by atoms with Crippen molar-refractivity contribution in [3.05, 3.63) is 68.6 Å². The first-order valence-electron chi connectivity index (χ1n) is 16.6. The van der Waals surface area contributed by atoms with Gasteiger partial charge in [0.25, 0.3) is 11.5 Å². The number of fused-ring (bicyclic) bond motifs is 3. The molecule has 49 heavy (non-hydrogen) atoms. The lowest BCUT2D eigenvalue weighted by molar-refractivity contribution is -0.124. The van der Waals surface area contributed by atoms with Gasteiger partial charge in [-0.1, -0.05) is 29.5 Å². The molecule has 1 N–H and O–H groups in total. The van der Waals surface area contributed by atoms with Crippen LogP contribution in [0.5, 0.6) is 5.75 Å². The number of aromatic nitrogens is 5. The minimum Gasteiger partial charge on any atom is -0.496 e. The largest absolute Gasteiger partial charge is 0.496 e. The van der Waals surface area contributed by atoms with Gasteiger partial charge in [-0.3, -0.25) is 18.9 Å². The molecule has 2 bridgehead atoms. The van der Waals surface area contributed by atoms with Crippen LogP contribution in [0.2, 0.25) is 0 Å². The van der Waals surface area contributed by atoms with Crippen LogP contribution in [0.4, 0.5) is 0 Å². The molecule has 1 aromatic carbocycles. The minimum absolute atomic E-state index is 0.0112. The van der Waals surface area contributed by atoms with Crippen LogP contribution in [-0.2, 0) is 36.4 Å². The molecule has 1 amide bonds. The van der Waals surface area contributed by atoms with Crippen LogP contribution < -0.4 is 20.7 Å². The minimum atomic E-state index is -4.02. The van der Waals surface area contributed by atoms with E-state index in [9.17, 15) is 22.8 Å². The zero-order valence-corrected chi connectivity index (χ0v) is 29.1. The SMILES string of the molecule is COc1ccccc1[C@H](Cn1c(=O)n(C2(C(=O)NS(=O)(=O)C3(C)CC3)CC2)c(=O)c2c(C)c(-n3nccn3)sc21)OC1C[C@H]2CC[C@@H](C1)O2. The van der Waals surface area contributed by atoms with Gasteiger partial charge < -0.3 is 14.2 Å². The number of nitrogens with one attached hydrogen (secondary N) is 1. The number of aryl methyl sites for hydroxylation is 1. The van der Waals surface area contributed by atoms with Gasteiger partial charge in [0, 0.05) is 11.1 Å². The lowest BCUT2D eigenvalue weighted by Gasteiger charge is -2.32. The van der Waals surface area contributed by atoms with Gasteiger partial charge in [0.2, 0.25) is 10.0 Å². The molecule has 2 saturated carbocycles. The summed E-state index contributed by atoms with van der Waals surface area (Å²) in [5.74, 6) is -0.288. The number of para-hydroxylation sites is 1. The number of hydrogen-bond donors (Lipinski definition) is 1. The molecule has 8 rings (SSSR count). The van der Waals surface area contributed by atoms with Crippen molar-refractivity contribution in [1.82, 2.24) is 28.9 Å². The van der Waals surface area contributed by atoms with Gasteiger partial charge in [-0.15, -0.1) is 4.80 Å². The summed E-state index contributed by atoms with van der Waals surface area (Å²) in [6.45, 7) is 3.32. The molecule has 4 atom stereocenters. The average molecular weight is 711 g/mol. The van der Waals surface area contributed by atoms with Gasteiger partial charge in [0.1, 0.15) is 27.2 Å². The average Bonchev–Trinajstić information content (AvgIpc) is 3.88. The third kappa shape index (κ3) is 5.34. The van der Waals surface area contributed by atoms with Gasteiger partial charge in [-0.2, -0.15) is 10.2 Å². The van der Waals surface area contributed by atoms with Crippen molar-refractivity contribution in [2.24, 2.45) is 0 Å². The van der Waals surface area contributed by atoms with Gasteiger partial charge in [-0.25, -0.2) is 17.8 Å². The molecule has 16 heteroatoms. The van der Waals surface area contributed by atoms with E-state index in [2.05, 4.69) is 14.9 Å². The monoisotopic (exact) mass is 710 g/mol. The number of methoxy groups -OCH3 is 1. The predicted octanol–water partition coefficient (Wildman–Crippen LogP) is 3.08. The summed E-state index contributed by atoms with van der Waals surface area (Å²) >= 11 is 1.19. The molecular formula is C33H38N6O8S2. The van der Waals surface area contributed by atoms with Crippen LogP contribution in [-0.4, -0.2) is 68.6 Å². The molecular weight excluding hydrogens is 673 g/mol. The maximum Gasteiger partial charge on any atom is 0.333 e. The molecule has 2 aliphatic carbocycles. The van der Waals surface area contributed by atoms with E-state index in [1.807, 2.05) is 24.3 Å². The Morgan fingerprint density at radius 1 is 1.10 bits per heavy atom. The lowest BCUT2D eigenvalue weighted by Crippen LogP contribution is -2.53. The molecule has 1 unspecified atom stereocenters. The number of carbonyl (C=O) groups excluding carboxylic acids is 1. The first kappa shape index (κ1) is 32.4. The van der Waals surface area contributed by atoms with Crippen LogP contribution in [0.15, 0.2) is 46.2 Å². The summed E-state index contributed by atoms with van der Waals surface area (Å²) in [5, 5.41) is 9.31. The van der Waals surface area contributed by atoms with E-state index in [-0.39, 0.29) is 43.1 Å². The van der Waals surface area contributed by atoms with Crippen LogP contribution in [0, 0.1) is 6.92 Å². The molecule has 0 radical (unpaired) electrons. The fourth-order valence-electron chi connectivity index (χ4n) is 7.31. The Morgan fingerprint density at radius 3 is 2.41 bits per heavy atom. The number of benzene rings is 1. The van der Waals surface area contributed by atoms with E-state index in [0.29, 0.717) is 34.0 Å². The Hall–Kier alpha value is -3.86. The quantitative estimate of drug-likeness (QED) is 0.245. The van der Waals surface area contributed by atoms with Crippen LogP contribution in [0.3, 0.4) is 0 Å². The Morgan fingerprint density at radius 2 is 1.78 bits per heavy atom. The van der Waals surface area contributed by atoms with E-state index < -0.39 is 43.6 Å². The maximum absolute atomic E-state index is 14.8. The van der Waals surface area contributed by atoms with Crippen LogP contribution in [0.25, 0.3) is 15.2 Å². The standard InChI is InChI=1S/C33H38N6O8S2/c1-19-26-27(40)38(33(12-13-33)30(41)36-49(43,44)32(2)10-11-32)31(42)37(29(26)48-28(19)39-34-14-15-35-39)18-25(23-6-4-5-7-24(23)45-3)47-22-16-20-8-9-21(17-22)46-20/h4-7,14-15,20-22,25H,8-13,16-18H2,1-3H3,(H,36,41)/t20-,21+,22?,25-/m0/s1. The van der Waals surface area contributed by atoms with Crippen molar-refractivity contribution >= 4 is 37.5 Å². The highest BCUT2D eigenvalue weighted by molar-refractivity contribution is 7.91. The molecule has 5 heterocycles. The zero-order chi connectivity index (χ0) is 34.3. The van der Waals surface area contributed by atoms with Crippen molar-refractivity contribution in [1.29, 1.82) is 0 Å². The number of rotatable bonds is 11. The molecule has 4 aromatic rings. The Bertz CT molecular complexity index is 2170. The second kappa shape index (κ2) is 11.6. The van der Waals surface area contributed by atoms with Gasteiger partial charge in [0.05, 0.1) is 54.5 Å². The van der Waals surface area contributed by atoms with Crippen molar-refractivity contribution in [3.8, 4) is 10.8 Å². The third-order valence-corrected chi connectivity index (χ3v) is 14.1. The normalized spacial score (nSPS) is 24.1. The number of nitrogens with zero attached hydrogens (tertiary/aromatic N) is 5. The Balaban J connectivity index is 1.28. The highest BCUT2D eigenvalue weighted by Gasteiger charge is 2.58. The van der Waals surface area contributed by atoms with Crippen LogP contribution in [0.1, 0.15) is 75.5 Å². The summed E-state index contributed by atoms with van der Waals surface area (Å²) in [5.41, 5.74) is -1.78. The maximum atomic E-state index is 14.8. The fraction of sp³-hybridized carbons (Fsp3) is 0.545. The second-order valence-electron chi connectivity index (χ2n) is 13.9. The second-order valence-corrected chi connectivity index (χ2v) is 17.1. The molecule has 4 fully saturated rings. The summed E-state index contributed by atoms with van der Waals surface area (Å²) in [7, 11) is -2.44.